The molecule has 0 spiro atoms. The Hall–Kier alpha value is -1.34. The molecule has 0 radical (unpaired) electrons. The second kappa shape index (κ2) is 7.49. The lowest BCUT2D eigenvalue weighted by molar-refractivity contribution is -0.131. The topological polar surface area (TPSA) is 65.1 Å². The average molecular weight is 324 g/mol. The first-order chi connectivity index (χ1) is 11.2. The summed E-state index contributed by atoms with van der Waals surface area (Å²) >= 11 is 0. The molecule has 7 nitrogen and oxygen atoms in total. The van der Waals surface area contributed by atoms with Crippen molar-refractivity contribution in [2.45, 2.75) is 25.8 Å². The molecular weight excluding hydrogens is 296 g/mol. The molecule has 23 heavy (non-hydrogen) atoms. The zero-order valence-electron chi connectivity index (χ0n) is 14.0. The lowest BCUT2D eigenvalue weighted by atomic mass is 9.99. The van der Waals surface area contributed by atoms with Crippen molar-refractivity contribution in [3.05, 3.63) is 0 Å². The van der Waals surface area contributed by atoms with Crippen molar-refractivity contribution in [3.8, 4) is 0 Å². The third-order valence-corrected chi connectivity index (χ3v) is 5.29. The number of hydrogen-bond donors (Lipinski definition) is 1. The molecule has 3 aliphatic rings. The predicted molar refractivity (Wildman–Crippen MR) is 86.1 cm³/mol. The largest absolute Gasteiger partial charge is 0.379 e. The van der Waals surface area contributed by atoms with Gasteiger partial charge in [-0.15, -0.1) is 0 Å². The van der Waals surface area contributed by atoms with E-state index in [1.807, 2.05) is 4.90 Å². The predicted octanol–water partition coefficient (Wildman–Crippen LogP) is -0.0291. The van der Waals surface area contributed by atoms with E-state index in [0.29, 0.717) is 25.0 Å². The van der Waals surface area contributed by atoms with E-state index in [4.69, 9.17) is 4.74 Å². The molecule has 7 heteroatoms. The van der Waals surface area contributed by atoms with Crippen LogP contribution in [0.5, 0.6) is 0 Å². The van der Waals surface area contributed by atoms with Gasteiger partial charge in [0.05, 0.1) is 13.2 Å². The number of rotatable bonds is 4. The number of ether oxygens (including phenoxy) is 1. The number of amides is 3. The first-order valence-electron chi connectivity index (χ1n) is 8.81. The maximum atomic E-state index is 12.6. The van der Waals surface area contributed by atoms with Gasteiger partial charge in [-0.3, -0.25) is 9.69 Å². The number of nitrogens with one attached hydrogen (secondary N) is 1. The van der Waals surface area contributed by atoms with Gasteiger partial charge in [0.25, 0.3) is 0 Å². The first-order valence-corrected chi connectivity index (χ1v) is 8.81. The van der Waals surface area contributed by atoms with Gasteiger partial charge in [-0.25, -0.2) is 4.79 Å². The minimum Gasteiger partial charge on any atom is -0.379 e. The summed E-state index contributed by atoms with van der Waals surface area (Å²) in [6, 6.07) is 0.323. The molecule has 130 valence electrons. The number of carbonyl (C=O) groups excluding carboxylic acids is 2. The Balaban J connectivity index is 1.57. The number of likely N-dealkylation sites (tertiary alicyclic amines) is 1. The highest BCUT2D eigenvalue weighted by Crippen LogP contribution is 2.25. The summed E-state index contributed by atoms with van der Waals surface area (Å²) in [6.45, 7) is 8.88. The van der Waals surface area contributed by atoms with Crippen molar-refractivity contribution in [1.29, 1.82) is 0 Å². The van der Waals surface area contributed by atoms with Crippen molar-refractivity contribution >= 4 is 11.9 Å². The molecule has 3 amide bonds. The number of nitrogens with zero attached hydrogens (tertiary/aromatic N) is 3. The van der Waals surface area contributed by atoms with Gasteiger partial charge in [-0.2, -0.15) is 0 Å². The van der Waals surface area contributed by atoms with Gasteiger partial charge in [-0.05, 0) is 12.3 Å². The molecule has 0 bridgehead atoms. The van der Waals surface area contributed by atoms with Crippen LogP contribution in [0.3, 0.4) is 0 Å². The summed E-state index contributed by atoms with van der Waals surface area (Å²) in [5, 5.41) is 2.80. The van der Waals surface area contributed by atoms with Crippen molar-refractivity contribution in [2.75, 3.05) is 59.0 Å². The number of morpholine rings is 1. The number of carbonyl (C=O) groups is 2. The van der Waals surface area contributed by atoms with Crippen LogP contribution in [0.4, 0.5) is 4.79 Å². The minimum atomic E-state index is -0.111. The van der Waals surface area contributed by atoms with Gasteiger partial charge in [-0.1, -0.05) is 13.3 Å². The summed E-state index contributed by atoms with van der Waals surface area (Å²) in [5.41, 5.74) is 0. The number of urea groups is 1. The molecular formula is C16H28N4O3. The van der Waals surface area contributed by atoms with Crippen LogP contribution >= 0.6 is 0 Å². The standard InChI is InChI=1S/C16H28N4O3/c1-2-13-10-20(11-14(13)18-6-8-23-9-7-18)15(21)12-19-5-3-4-17-16(19)22/h13-14H,2-12H2,1H3,(H,17,22)/t13-,14+/m1/s1. The van der Waals surface area contributed by atoms with Gasteiger partial charge in [0, 0.05) is 45.3 Å². The van der Waals surface area contributed by atoms with Gasteiger partial charge in [0.2, 0.25) is 5.91 Å². The molecule has 0 aromatic heterocycles. The monoisotopic (exact) mass is 324 g/mol. The summed E-state index contributed by atoms with van der Waals surface area (Å²) in [7, 11) is 0. The highest BCUT2D eigenvalue weighted by molar-refractivity contribution is 5.84. The van der Waals surface area contributed by atoms with E-state index < -0.39 is 0 Å². The van der Waals surface area contributed by atoms with Crippen LogP contribution in [0, 0.1) is 5.92 Å². The molecule has 0 saturated carbocycles. The van der Waals surface area contributed by atoms with Crippen LogP contribution in [0.25, 0.3) is 0 Å². The average Bonchev–Trinajstić information content (AvgIpc) is 3.02. The Bertz CT molecular complexity index is 439. The summed E-state index contributed by atoms with van der Waals surface area (Å²) in [4.78, 5) is 30.5. The quantitative estimate of drug-likeness (QED) is 0.789. The van der Waals surface area contributed by atoms with E-state index in [2.05, 4.69) is 17.1 Å². The zero-order chi connectivity index (χ0) is 16.2. The Kier molecular flexibility index (Phi) is 5.38. The van der Waals surface area contributed by atoms with Gasteiger partial charge in [0.15, 0.2) is 0 Å². The molecule has 0 aromatic rings. The maximum Gasteiger partial charge on any atom is 0.317 e. The molecule has 3 saturated heterocycles. The van der Waals surface area contributed by atoms with Crippen molar-refractivity contribution < 1.29 is 14.3 Å². The van der Waals surface area contributed by atoms with E-state index in [-0.39, 0.29) is 18.5 Å². The van der Waals surface area contributed by atoms with Gasteiger partial charge in [0.1, 0.15) is 6.54 Å². The van der Waals surface area contributed by atoms with E-state index in [1.165, 1.54) is 0 Å². The van der Waals surface area contributed by atoms with Crippen LogP contribution in [0.15, 0.2) is 0 Å². The van der Waals surface area contributed by atoms with Crippen LogP contribution in [0.1, 0.15) is 19.8 Å². The maximum absolute atomic E-state index is 12.6. The Labute approximate surface area is 137 Å². The Morgan fingerprint density at radius 2 is 2.04 bits per heavy atom. The third-order valence-electron chi connectivity index (χ3n) is 5.29. The smallest absolute Gasteiger partial charge is 0.317 e. The zero-order valence-corrected chi connectivity index (χ0v) is 14.0. The molecule has 3 rings (SSSR count). The fourth-order valence-corrected chi connectivity index (χ4v) is 3.87. The van der Waals surface area contributed by atoms with Crippen LogP contribution in [0.2, 0.25) is 0 Å². The lowest BCUT2D eigenvalue weighted by Crippen LogP contribution is -2.51. The van der Waals surface area contributed by atoms with Gasteiger partial charge >= 0.3 is 6.03 Å². The molecule has 3 heterocycles. The summed E-state index contributed by atoms with van der Waals surface area (Å²) in [6.07, 6.45) is 1.99. The molecule has 0 aromatic carbocycles. The molecule has 1 N–H and O–H groups in total. The van der Waals surface area contributed by atoms with E-state index >= 15 is 0 Å². The van der Waals surface area contributed by atoms with E-state index in [9.17, 15) is 9.59 Å². The Morgan fingerprint density at radius 3 is 2.74 bits per heavy atom. The SMILES string of the molecule is CC[C@@H]1CN(C(=O)CN2CCCNC2=O)C[C@@H]1N1CCOCC1. The minimum absolute atomic E-state index is 0.0799. The Morgan fingerprint density at radius 1 is 1.26 bits per heavy atom. The summed E-state index contributed by atoms with van der Waals surface area (Å²) < 4.78 is 5.44. The fraction of sp³-hybridized carbons (Fsp3) is 0.875. The second-order valence-corrected chi connectivity index (χ2v) is 6.69. The first kappa shape index (κ1) is 16.5. The normalized spacial score (nSPS) is 29.7. The highest BCUT2D eigenvalue weighted by atomic mass is 16.5. The summed E-state index contributed by atoms with van der Waals surface area (Å²) in [5.74, 6) is 0.600. The van der Waals surface area contributed by atoms with Gasteiger partial charge < -0.3 is 19.9 Å². The van der Waals surface area contributed by atoms with Crippen LogP contribution < -0.4 is 5.32 Å². The third kappa shape index (κ3) is 3.77. The molecule has 2 atom stereocenters. The lowest BCUT2D eigenvalue weighted by Gasteiger charge is -2.34. The molecule has 0 unspecified atom stereocenters. The second-order valence-electron chi connectivity index (χ2n) is 6.69. The van der Waals surface area contributed by atoms with Crippen molar-refractivity contribution in [3.63, 3.8) is 0 Å². The fourth-order valence-electron chi connectivity index (χ4n) is 3.87. The van der Waals surface area contributed by atoms with Crippen molar-refractivity contribution in [2.24, 2.45) is 5.92 Å². The highest BCUT2D eigenvalue weighted by Gasteiger charge is 2.38. The van der Waals surface area contributed by atoms with E-state index in [0.717, 1.165) is 52.2 Å². The molecule has 3 aliphatic heterocycles. The molecule has 3 fully saturated rings. The number of hydrogen-bond acceptors (Lipinski definition) is 4. The van der Waals surface area contributed by atoms with E-state index in [1.54, 1.807) is 4.90 Å². The van der Waals surface area contributed by atoms with Crippen LogP contribution in [-0.4, -0.2) is 91.7 Å². The molecule has 0 aliphatic carbocycles. The van der Waals surface area contributed by atoms with Crippen LogP contribution in [-0.2, 0) is 9.53 Å². The van der Waals surface area contributed by atoms with Crippen molar-refractivity contribution in [1.82, 2.24) is 20.0 Å².